The van der Waals surface area contributed by atoms with Crippen molar-refractivity contribution >= 4 is 22.7 Å². The molecule has 0 bridgehead atoms. The van der Waals surface area contributed by atoms with Crippen molar-refractivity contribution in [3.8, 4) is 0 Å². The van der Waals surface area contributed by atoms with E-state index in [1.54, 1.807) is 25.2 Å². The number of oxazole rings is 1. The number of hydrogen-bond donors (Lipinski definition) is 2. The number of benzene rings is 1. The molecule has 96 valence electrons. The zero-order valence-electron chi connectivity index (χ0n) is 9.97. The van der Waals surface area contributed by atoms with Gasteiger partial charge in [-0.25, -0.2) is 4.79 Å². The molecule has 6 heteroatoms. The van der Waals surface area contributed by atoms with E-state index in [1.807, 2.05) is 0 Å². The summed E-state index contributed by atoms with van der Waals surface area (Å²) in [6.07, 6.45) is 0.682. The largest absolute Gasteiger partial charge is 0.419 e. The maximum Gasteiger partial charge on any atom is 0.419 e. The molecule has 0 aliphatic carbocycles. The van der Waals surface area contributed by atoms with Crippen LogP contribution < -0.4 is 11.1 Å². The molecule has 0 saturated carbocycles. The second kappa shape index (κ2) is 5.05. The first kappa shape index (κ1) is 12.4. The standard InChI is InChI=1S/C12H14N2O4/c1-14-9-5-4-8(7-10(9)18-12(14)17)13-11(16)3-2-6-15/h4-5,7,15H,2-3,6H2,1H3,(H,13,16). The van der Waals surface area contributed by atoms with Crippen LogP contribution >= 0.6 is 0 Å². The summed E-state index contributed by atoms with van der Waals surface area (Å²) in [5.41, 5.74) is 1.68. The van der Waals surface area contributed by atoms with E-state index in [1.165, 1.54) is 4.57 Å². The third kappa shape index (κ3) is 2.43. The Labute approximate surface area is 103 Å². The monoisotopic (exact) mass is 250 g/mol. The van der Waals surface area contributed by atoms with E-state index >= 15 is 0 Å². The predicted octanol–water partition coefficient (Wildman–Crippen LogP) is 0.842. The van der Waals surface area contributed by atoms with Gasteiger partial charge in [0.15, 0.2) is 5.58 Å². The molecule has 1 amide bonds. The quantitative estimate of drug-likeness (QED) is 0.842. The normalized spacial score (nSPS) is 10.8. The average molecular weight is 250 g/mol. The fraction of sp³-hybridized carbons (Fsp3) is 0.333. The van der Waals surface area contributed by atoms with Crippen LogP contribution in [0.2, 0.25) is 0 Å². The van der Waals surface area contributed by atoms with Gasteiger partial charge in [-0.15, -0.1) is 0 Å². The number of aliphatic hydroxyl groups is 1. The van der Waals surface area contributed by atoms with Crippen molar-refractivity contribution in [1.82, 2.24) is 4.57 Å². The zero-order valence-corrected chi connectivity index (χ0v) is 9.97. The molecule has 0 unspecified atom stereocenters. The van der Waals surface area contributed by atoms with Crippen molar-refractivity contribution < 1.29 is 14.3 Å². The molecule has 0 atom stereocenters. The number of aliphatic hydroxyl groups excluding tert-OH is 1. The number of carbonyl (C=O) groups is 1. The van der Waals surface area contributed by atoms with Crippen LogP contribution in [0.4, 0.5) is 5.69 Å². The number of amides is 1. The summed E-state index contributed by atoms with van der Waals surface area (Å²) in [6, 6.07) is 5.02. The molecule has 0 saturated heterocycles. The number of aryl methyl sites for hydroxylation is 1. The average Bonchev–Trinajstić information content (AvgIpc) is 2.62. The summed E-state index contributed by atoms with van der Waals surface area (Å²) in [7, 11) is 1.62. The summed E-state index contributed by atoms with van der Waals surface area (Å²) in [5, 5.41) is 11.3. The molecule has 0 radical (unpaired) electrons. The van der Waals surface area contributed by atoms with Gasteiger partial charge in [0.2, 0.25) is 5.91 Å². The minimum absolute atomic E-state index is 0.0139. The Kier molecular flexibility index (Phi) is 3.47. The predicted molar refractivity (Wildman–Crippen MR) is 66.4 cm³/mol. The van der Waals surface area contributed by atoms with Gasteiger partial charge >= 0.3 is 5.76 Å². The number of carbonyl (C=O) groups excluding carboxylic acids is 1. The summed E-state index contributed by atoms with van der Waals surface area (Å²) in [4.78, 5) is 22.8. The van der Waals surface area contributed by atoms with Crippen LogP contribution in [-0.2, 0) is 11.8 Å². The molecular weight excluding hydrogens is 236 g/mol. The van der Waals surface area contributed by atoms with Gasteiger partial charge in [0, 0.05) is 31.8 Å². The van der Waals surface area contributed by atoms with E-state index in [-0.39, 0.29) is 18.9 Å². The Morgan fingerprint density at radius 1 is 1.50 bits per heavy atom. The molecule has 1 aromatic heterocycles. The van der Waals surface area contributed by atoms with Crippen LogP contribution in [0.25, 0.3) is 11.1 Å². The Morgan fingerprint density at radius 2 is 2.28 bits per heavy atom. The topological polar surface area (TPSA) is 84.5 Å². The molecule has 1 aromatic carbocycles. The van der Waals surface area contributed by atoms with Gasteiger partial charge in [-0.05, 0) is 18.6 Å². The number of rotatable bonds is 4. The lowest BCUT2D eigenvalue weighted by Gasteiger charge is -2.04. The summed E-state index contributed by atoms with van der Waals surface area (Å²) >= 11 is 0. The minimum atomic E-state index is -0.436. The third-order valence-electron chi connectivity index (χ3n) is 2.64. The SMILES string of the molecule is Cn1c(=O)oc2cc(NC(=O)CCCO)ccc21. The van der Waals surface area contributed by atoms with Crippen LogP contribution in [-0.4, -0.2) is 22.2 Å². The van der Waals surface area contributed by atoms with E-state index in [9.17, 15) is 9.59 Å². The fourth-order valence-electron chi connectivity index (χ4n) is 1.67. The van der Waals surface area contributed by atoms with E-state index in [0.29, 0.717) is 23.2 Å². The lowest BCUT2D eigenvalue weighted by molar-refractivity contribution is -0.116. The maximum absolute atomic E-state index is 11.5. The Bertz CT molecular complexity index is 627. The summed E-state index contributed by atoms with van der Waals surface area (Å²) in [5.74, 6) is -0.615. The van der Waals surface area contributed by atoms with Crippen LogP contribution in [0.1, 0.15) is 12.8 Å². The highest BCUT2D eigenvalue weighted by molar-refractivity contribution is 5.92. The van der Waals surface area contributed by atoms with Gasteiger partial charge in [-0.1, -0.05) is 0 Å². The van der Waals surface area contributed by atoms with Crippen molar-refractivity contribution in [3.63, 3.8) is 0 Å². The first-order chi connectivity index (χ1) is 8.61. The number of nitrogens with one attached hydrogen (secondary N) is 1. The Balaban J connectivity index is 2.20. The van der Waals surface area contributed by atoms with Crippen LogP contribution in [0.5, 0.6) is 0 Å². The van der Waals surface area contributed by atoms with E-state index < -0.39 is 5.76 Å². The fourth-order valence-corrected chi connectivity index (χ4v) is 1.67. The minimum Gasteiger partial charge on any atom is -0.408 e. The van der Waals surface area contributed by atoms with Crippen molar-refractivity contribution in [2.45, 2.75) is 12.8 Å². The molecule has 0 aliphatic heterocycles. The lowest BCUT2D eigenvalue weighted by atomic mass is 10.2. The van der Waals surface area contributed by atoms with Crippen LogP contribution in [0.15, 0.2) is 27.4 Å². The summed E-state index contributed by atoms with van der Waals surface area (Å²) in [6.45, 7) is -0.0139. The van der Waals surface area contributed by atoms with Crippen LogP contribution in [0, 0.1) is 0 Å². The molecule has 2 aromatic rings. The molecule has 18 heavy (non-hydrogen) atoms. The second-order valence-electron chi connectivity index (χ2n) is 3.98. The number of hydrogen-bond acceptors (Lipinski definition) is 4. The van der Waals surface area contributed by atoms with Crippen molar-refractivity contribution in [1.29, 1.82) is 0 Å². The van der Waals surface area contributed by atoms with Gasteiger partial charge < -0.3 is 14.8 Å². The number of anilines is 1. The number of aromatic nitrogens is 1. The zero-order chi connectivity index (χ0) is 13.1. The highest BCUT2D eigenvalue weighted by Gasteiger charge is 2.08. The number of fused-ring (bicyclic) bond motifs is 1. The van der Waals surface area contributed by atoms with E-state index in [2.05, 4.69) is 5.32 Å². The Hall–Kier alpha value is -2.08. The van der Waals surface area contributed by atoms with Gasteiger partial charge in [0.25, 0.3) is 0 Å². The molecule has 0 aliphatic rings. The van der Waals surface area contributed by atoms with Gasteiger partial charge in [-0.2, -0.15) is 0 Å². The van der Waals surface area contributed by atoms with E-state index in [4.69, 9.17) is 9.52 Å². The summed E-state index contributed by atoms with van der Waals surface area (Å²) < 4.78 is 6.41. The van der Waals surface area contributed by atoms with Gasteiger partial charge in [0.1, 0.15) is 0 Å². The van der Waals surface area contributed by atoms with Gasteiger partial charge in [0.05, 0.1) is 5.52 Å². The Morgan fingerprint density at radius 3 is 3.00 bits per heavy atom. The molecule has 2 rings (SSSR count). The van der Waals surface area contributed by atoms with Crippen LogP contribution in [0.3, 0.4) is 0 Å². The highest BCUT2D eigenvalue weighted by Crippen LogP contribution is 2.17. The van der Waals surface area contributed by atoms with Crippen molar-refractivity contribution in [2.75, 3.05) is 11.9 Å². The first-order valence-corrected chi connectivity index (χ1v) is 5.62. The smallest absolute Gasteiger partial charge is 0.408 e. The van der Waals surface area contributed by atoms with Crippen molar-refractivity contribution in [2.24, 2.45) is 7.05 Å². The second-order valence-corrected chi connectivity index (χ2v) is 3.98. The molecule has 2 N–H and O–H groups in total. The van der Waals surface area contributed by atoms with Gasteiger partial charge in [-0.3, -0.25) is 9.36 Å². The molecule has 6 nitrogen and oxygen atoms in total. The van der Waals surface area contributed by atoms with Crippen molar-refractivity contribution in [3.05, 3.63) is 28.7 Å². The number of nitrogens with zero attached hydrogens (tertiary/aromatic N) is 1. The lowest BCUT2D eigenvalue weighted by Crippen LogP contribution is -2.11. The molecule has 0 fully saturated rings. The third-order valence-corrected chi connectivity index (χ3v) is 2.64. The highest BCUT2D eigenvalue weighted by atomic mass is 16.4. The maximum atomic E-state index is 11.5. The first-order valence-electron chi connectivity index (χ1n) is 5.62. The molecule has 1 heterocycles. The molecule has 0 spiro atoms. The van der Waals surface area contributed by atoms with E-state index in [0.717, 1.165) is 0 Å². The molecular formula is C12H14N2O4.